The maximum atomic E-state index is 13.0. The van der Waals surface area contributed by atoms with Gasteiger partial charge in [-0.05, 0) is 38.5 Å². The Morgan fingerprint density at radius 3 is 1.72 bits per heavy atom. The number of H-pyrrole nitrogens is 1. The summed E-state index contributed by atoms with van der Waals surface area (Å²) >= 11 is 0. The molecule has 0 fully saturated rings. The van der Waals surface area contributed by atoms with Gasteiger partial charge in [-0.15, -0.1) is 0 Å². The molecule has 0 aliphatic heterocycles. The van der Waals surface area contributed by atoms with Crippen molar-refractivity contribution in [1.29, 1.82) is 0 Å². The van der Waals surface area contributed by atoms with Crippen LogP contribution < -0.4 is 21.7 Å². The van der Waals surface area contributed by atoms with Gasteiger partial charge in [-0.25, -0.2) is 9.78 Å². The molecule has 0 aliphatic carbocycles. The number of carbonyl (C=O) groups is 8. The first kappa shape index (κ1) is 68.4. The average molecular weight is 1070 g/mol. The van der Waals surface area contributed by atoms with Gasteiger partial charge >= 0.3 is 11.9 Å². The highest BCUT2D eigenvalue weighted by atomic mass is 16.5. The molecule has 1 heterocycles. The number of carbonyl (C=O) groups excluding carboxylic acids is 6. The number of Topliss-reactive ketones (excluding diaryl/α,β-unsaturated/α-hetero) is 3. The largest absolute Gasteiger partial charge is 0.481 e. The Hall–Kier alpha value is -4.63. The van der Waals surface area contributed by atoms with Crippen LogP contribution in [0.5, 0.6) is 0 Å². The van der Waals surface area contributed by atoms with Gasteiger partial charge in [-0.2, -0.15) is 0 Å². The normalized spacial score (nSPS) is 12.7. The fraction of sp³-hybridized carbons (Fsp3) is 0.800. The highest BCUT2D eigenvalue weighted by Gasteiger charge is 2.33. The van der Waals surface area contributed by atoms with Crippen LogP contribution in [-0.2, 0) is 63.7 Å². The zero-order valence-electron chi connectivity index (χ0n) is 45.9. The smallest absolute Gasteiger partial charge is 0.326 e. The number of ether oxygens (including phenoxy) is 4. The van der Waals surface area contributed by atoms with E-state index in [-0.39, 0.29) is 139 Å². The Morgan fingerprint density at radius 1 is 0.600 bits per heavy atom. The molecule has 1 unspecified atom stereocenters. The van der Waals surface area contributed by atoms with E-state index in [1.54, 1.807) is 20.0 Å². The zero-order chi connectivity index (χ0) is 55.4. The van der Waals surface area contributed by atoms with Crippen molar-refractivity contribution in [3.63, 3.8) is 0 Å². The highest BCUT2D eigenvalue weighted by Crippen LogP contribution is 2.27. The first-order chi connectivity index (χ1) is 36.0. The highest BCUT2D eigenvalue weighted by molar-refractivity contribution is 5.92. The van der Waals surface area contributed by atoms with Crippen molar-refractivity contribution in [2.75, 3.05) is 65.9 Å². The zero-order valence-corrected chi connectivity index (χ0v) is 45.9. The second kappa shape index (κ2) is 44.5. The monoisotopic (exact) mass is 1060 g/mol. The molecule has 0 saturated heterocycles. The summed E-state index contributed by atoms with van der Waals surface area (Å²) in [7, 11) is 0. The fourth-order valence-electron chi connectivity index (χ4n) is 8.31. The number of hydrogen-bond acceptors (Lipinski definition) is 14. The van der Waals surface area contributed by atoms with Crippen LogP contribution in [-0.4, -0.2) is 145 Å². The molecule has 0 spiro atoms. The van der Waals surface area contributed by atoms with E-state index >= 15 is 0 Å². The summed E-state index contributed by atoms with van der Waals surface area (Å²) in [6.07, 6.45) is 24.4. The van der Waals surface area contributed by atoms with E-state index in [1.165, 1.54) is 77.0 Å². The number of aromatic amines is 1. The van der Waals surface area contributed by atoms with Gasteiger partial charge in [0.25, 0.3) is 0 Å². The molecule has 3 amide bonds. The maximum absolute atomic E-state index is 13.0. The quantitative estimate of drug-likeness (QED) is 0.0332. The molecule has 20 nitrogen and oxygen atoms in total. The summed E-state index contributed by atoms with van der Waals surface area (Å²) in [5.41, 5.74) is 5.78. The van der Waals surface area contributed by atoms with E-state index in [0.717, 1.165) is 31.4 Å². The number of carboxylic acids is 2. The number of rotatable bonds is 53. The molecule has 20 heteroatoms. The molecule has 0 aromatic carbocycles. The lowest BCUT2D eigenvalue weighted by molar-refractivity contribution is -0.143. The molecule has 3 atom stereocenters. The Balaban J connectivity index is 1.98. The summed E-state index contributed by atoms with van der Waals surface area (Å²) in [5, 5.41) is 27.3. The summed E-state index contributed by atoms with van der Waals surface area (Å²) < 4.78 is 21.6. The Morgan fingerprint density at radius 2 is 1.16 bits per heavy atom. The molecular formula is C55H96N6O14. The number of aliphatic carboxylic acids is 2. The molecule has 0 saturated carbocycles. The van der Waals surface area contributed by atoms with Gasteiger partial charge in [-0.1, -0.05) is 117 Å². The predicted molar refractivity (Wildman–Crippen MR) is 285 cm³/mol. The van der Waals surface area contributed by atoms with E-state index in [2.05, 4.69) is 32.8 Å². The van der Waals surface area contributed by atoms with E-state index in [1.807, 2.05) is 0 Å². The predicted octanol–water partition coefficient (Wildman–Crippen LogP) is 6.74. The molecule has 0 radical (unpaired) electrons. The molecule has 1 aromatic heterocycles. The summed E-state index contributed by atoms with van der Waals surface area (Å²) in [6, 6.07) is -1.88. The third-order valence-corrected chi connectivity index (χ3v) is 13.0. The van der Waals surface area contributed by atoms with Crippen LogP contribution >= 0.6 is 0 Å². The molecule has 1 aromatic rings. The second-order valence-electron chi connectivity index (χ2n) is 20.3. The van der Waals surface area contributed by atoms with Crippen LogP contribution in [0.4, 0.5) is 0 Å². The maximum Gasteiger partial charge on any atom is 0.326 e. The molecule has 430 valence electrons. The third-order valence-electron chi connectivity index (χ3n) is 13.0. The topological polar surface area (TPSA) is 305 Å². The minimum Gasteiger partial charge on any atom is -0.481 e. The minimum absolute atomic E-state index is 0.0228. The van der Waals surface area contributed by atoms with Crippen molar-refractivity contribution in [3.8, 4) is 0 Å². The molecule has 0 bridgehead atoms. The number of hydrogen-bond donors (Lipinski definition) is 7. The van der Waals surface area contributed by atoms with Crippen molar-refractivity contribution in [1.82, 2.24) is 25.9 Å². The Kier molecular flexibility index (Phi) is 40.6. The van der Waals surface area contributed by atoms with E-state index in [0.29, 0.717) is 38.8 Å². The third kappa shape index (κ3) is 38.6. The van der Waals surface area contributed by atoms with Gasteiger partial charge in [0.05, 0.1) is 51.3 Å². The van der Waals surface area contributed by atoms with E-state index in [4.69, 9.17) is 24.7 Å². The van der Waals surface area contributed by atoms with Gasteiger partial charge in [0.1, 0.15) is 30.8 Å². The first-order valence-corrected chi connectivity index (χ1v) is 28.0. The van der Waals surface area contributed by atoms with Gasteiger partial charge in [-0.3, -0.25) is 33.6 Å². The number of ketones is 3. The summed E-state index contributed by atoms with van der Waals surface area (Å²) in [5.74, 6) is -4.40. The van der Waals surface area contributed by atoms with Gasteiger partial charge in [0, 0.05) is 75.5 Å². The molecule has 1 rings (SSSR count). The fourth-order valence-corrected chi connectivity index (χ4v) is 8.31. The number of nitrogens with two attached hydrogens (primary N) is 1. The number of unbranched alkanes of at least 4 members (excludes halogenated alkanes) is 15. The minimum atomic E-state index is -1.15. The summed E-state index contributed by atoms with van der Waals surface area (Å²) in [4.78, 5) is 105. The Labute approximate surface area is 446 Å². The van der Waals surface area contributed by atoms with Crippen LogP contribution in [0.2, 0.25) is 0 Å². The number of carboxylic acid groups (broad SMARTS) is 2. The van der Waals surface area contributed by atoms with Gasteiger partial charge in [0.2, 0.25) is 17.7 Å². The van der Waals surface area contributed by atoms with Gasteiger partial charge in [0.15, 0.2) is 5.78 Å². The van der Waals surface area contributed by atoms with Crippen LogP contribution in [0.15, 0.2) is 12.5 Å². The molecule has 0 aliphatic rings. The number of nitrogens with zero attached hydrogens (tertiary/aromatic N) is 1. The lowest BCUT2D eigenvalue weighted by atomic mass is 9.78. The van der Waals surface area contributed by atoms with Crippen molar-refractivity contribution in [2.24, 2.45) is 17.1 Å². The number of amides is 3. The lowest BCUT2D eigenvalue weighted by Crippen LogP contribution is -2.41. The lowest BCUT2D eigenvalue weighted by Gasteiger charge is -2.24. The standard InChI is InChI=1S/C55H96N6O14/c1-4-5-6-7-8-9-10-11-12-13-14-15-16-17-18-24-50(65)61-47(54(70)71)27-26-45(62)23-21-31-72-33-35-74-41-52(67)59-30-32-73-34-36-75-40-51(66)58-29-20-19-22-43(53(68)69)25-28-49(64)55(2,3)38-48(63)46(56)37-44-39-57-42-60-44/h39,42-43,46-47H,4-38,40-41,56H2,1-3H3,(H,57,60)(H,58,66)(H,59,67)(H,61,65)(H,68,69)(H,70,71)/t43-,46+,47?/m1/s1. The van der Waals surface area contributed by atoms with Crippen molar-refractivity contribution >= 4 is 47.0 Å². The van der Waals surface area contributed by atoms with Crippen LogP contribution in [0.1, 0.15) is 193 Å². The average Bonchev–Trinajstić information content (AvgIpc) is 3.89. The van der Waals surface area contributed by atoms with Crippen molar-refractivity contribution < 1.29 is 67.5 Å². The summed E-state index contributed by atoms with van der Waals surface area (Å²) in [6.45, 7) is 7.09. The number of aromatic nitrogens is 2. The second-order valence-corrected chi connectivity index (χ2v) is 20.3. The SMILES string of the molecule is CCCCCCCCCCCCCCCCCC(=O)NC(CCC(=O)CCCOCCOCC(=O)NCCOCCOCC(=O)NCCCC[C@H](CCC(=O)C(C)(C)CC(=O)[C@@H](N)Cc1cnc[nH]1)C(=O)O)C(=O)O. The number of imidazole rings is 1. The van der Waals surface area contributed by atoms with Gasteiger partial charge < -0.3 is 55.8 Å². The molecule has 8 N–H and O–H groups in total. The van der Waals surface area contributed by atoms with Crippen LogP contribution in [0.25, 0.3) is 0 Å². The first-order valence-electron chi connectivity index (χ1n) is 28.0. The van der Waals surface area contributed by atoms with E-state index in [9.17, 15) is 48.6 Å². The van der Waals surface area contributed by atoms with Crippen LogP contribution in [0, 0.1) is 11.3 Å². The van der Waals surface area contributed by atoms with E-state index < -0.39 is 35.4 Å². The van der Waals surface area contributed by atoms with Crippen molar-refractivity contribution in [3.05, 3.63) is 18.2 Å². The molecule has 75 heavy (non-hydrogen) atoms. The van der Waals surface area contributed by atoms with Crippen molar-refractivity contribution in [2.45, 2.75) is 206 Å². The van der Waals surface area contributed by atoms with Crippen LogP contribution in [0.3, 0.4) is 0 Å². The Bertz CT molecular complexity index is 1730. The number of nitrogens with one attached hydrogen (secondary N) is 4. The molecular weight excluding hydrogens is 969 g/mol.